The summed E-state index contributed by atoms with van der Waals surface area (Å²) in [4.78, 5) is 16.0. The van der Waals surface area contributed by atoms with Gasteiger partial charge in [-0.05, 0) is 44.2 Å². The average Bonchev–Trinajstić information content (AvgIpc) is 2.96. The maximum absolute atomic E-state index is 13.3. The van der Waals surface area contributed by atoms with Crippen molar-refractivity contribution in [2.24, 2.45) is 0 Å². The van der Waals surface area contributed by atoms with Crippen LogP contribution >= 0.6 is 11.6 Å². The molecule has 28 heavy (non-hydrogen) atoms. The largest absolute Gasteiger partial charge is 0.489 e. The lowest BCUT2D eigenvalue weighted by Gasteiger charge is -2.14. The van der Waals surface area contributed by atoms with Crippen molar-refractivity contribution in [1.29, 1.82) is 0 Å². The number of halogens is 4. The van der Waals surface area contributed by atoms with E-state index in [0.717, 1.165) is 4.57 Å². The summed E-state index contributed by atoms with van der Waals surface area (Å²) >= 11 is 6.12. The summed E-state index contributed by atoms with van der Waals surface area (Å²) in [6, 6.07) is 10.8. The second-order valence-electron chi connectivity index (χ2n) is 6.37. The quantitative estimate of drug-likeness (QED) is 0.633. The number of amides is 1. The topological polar surface area (TPSA) is 56.1 Å². The number of benzene rings is 2. The van der Waals surface area contributed by atoms with E-state index in [9.17, 15) is 18.0 Å². The molecule has 9 heteroatoms. The van der Waals surface area contributed by atoms with Crippen LogP contribution in [0.3, 0.4) is 0 Å². The number of imidazole rings is 1. The second-order valence-corrected chi connectivity index (χ2v) is 6.78. The van der Waals surface area contributed by atoms with Crippen molar-refractivity contribution in [2.45, 2.75) is 32.7 Å². The zero-order valence-electron chi connectivity index (χ0n) is 15.0. The summed E-state index contributed by atoms with van der Waals surface area (Å²) in [6.07, 6.45) is -4.76. The number of ether oxygens (including phenoxy) is 1. The van der Waals surface area contributed by atoms with Gasteiger partial charge in [-0.2, -0.15) is 13.2 Å². The van der Waals surface area contributed by atoms with Gasteiger partial charge in [0.25, 0.3) is 0 Å². The molecule has 0 saturated heterocycles. The monoisotopic (exact) mass is 411 g/mol. The first-order valence-electron chi connectivity index (χ1n) is 8.43. The molecule has 0 saturated carbocycles. The number of aromatic nitrogens is 2. The lowest BCUT2D eigenvalue weighted by Crippen LogP contribution is -2.23. The molecule has 1 N–H and O–H groups in total. The van der Waals surface area contributed by atoms with Crippen LogP contribution in [0.15, 0.2) is 42.5 Å². The van der Waals surface area contributed by atoms with Gasteiger partial charge in [0.1, 0.15) is 12.3 Å². The maximum Gasteiger partial charge on any atom is 0.449 e. The van der Waals surface area contributed by atoms with Crippen molar-refractivity contribution >= 4 is 34.2 Å². The molecule has 0 radical (unpaired) electrons. The van der Waals surface area contributed by atoms with E-state index in [-0.39, 0.29) is 22.2 Å². The van der Waals surface area contributed by atoms with E-state index in [1.165, 1.54) is 18.2 Å². The summed E-state index contributed by atoms with van der Waals surface area (Å²) in [5.74, 6) is -1.31. The van der Waals surface area contributed by atoms with E-state index < -0.39 is 24.5 Å². The molecule has 1 amide bonds. The number of hydrogen-bond donors (Lipinski definition) is 1. The minimum absolute atomic E-state index is 0.0757. The third kappa shape index (κ3) is 4.39. The van der Waals surface area contributed by atoms with Gasteiger partial charge in [0, 0.05) is 5.69 Å². The van der Waals surface area contributed by atoms with Crippen molar-refractivity contribution in [2.75, 3.05) is 5.32 Å². The van der Waals surface area contributed by atoms with Gasteiger partial charge in [-0.3, -0.25) is 4.79 Å². The Morgan fingerprint density at radius 3 is 2.61 bits per heavy atom. The molecule has 3 aromatic rings. The number of hydrogen-bond acceptors (Lipinski definition) is 3. The van der Waals surface area contributed by atoms with Crippen LogP contribution in [0.2, 0.25) is 5.02 Å². The highest BCUT2D eigenvalue weighted by Crippen LogP contribution is 2.32. The normalized spacial score (nSPS) is 11.8. The Hall–Kier alpha value is -2.74. The molecule has 0 aliphatic carbocycles. The van der Waals surface area contributed by atoms with Gasteiger partial charge in [0.2, 0.25) is 11.7 Å². The first-order valence-corrected chi connectivity index (χ1v) is 8.81. The van der Waals surface area contributed by atoms with Crippen LogP contribution in [0.1, 0.15) is 19.7 Å². The first kappa shape index (κ1) is 20.0. The van der Waals surface area contributed by atoms with E-state index in [0.29, 0.717) is 11.4 Å². The number of para-hydroxylation sites is 2. The van der Waals surface area contributed by atoms with E-state index in [1.54, 1.807) is 24.3 Å². The maximum atomic E-state index is 13.3. The van der Waals surface area contributed by atoms with Crippen molar-refractivity contribution in [3.05, 3.63) is 53.3 Å². The summed E-state index contributed by atoms with van der Waals surface area (Å²) < 4.78 is 46.3. The van der Waals surface area contributed by atoms with Crippen molar-refractivity contribution in [1.82, 2.24) is 9.55 Å². The molecular weight excluding hydrogens is 395 g/mol. The average molecular weight is 412 g/mol. The molecule has 148 valence electrons. The minimum atomic E-state index is -4.68. The van der Waals surface area contributed by atoms with Gasteiger partial charge < -0.3 is 14.6 Å². The lowest BCUT2D eigenvalue weighted by molar-refractivity contribution is -0.147. The number of anilines is 1. The smallest absolute Gasteiger partial charge is 0.449 e. The van der Waals surface area contributed by atoms with Crippen LogP contribution in [-0.4, -0.2) is 21.6 Å². The number of carbonyl (C=O) groups excluding carboxylic acids is 1. The van der Waals surface area contributed by atoms with Crippen molar-refractivity contribution in [3.63, 3.8) is 0 Å². The third-order valence-corrected chi connectivity index (χ3v) is 4.08. The summed E-state index contributed by atoms with van der Waals surface area (Å²) in [6.45, 7) is 3.15. The molecule has 0 bridgehead atoms. The zero-order chi connectivity index (χ0) is 20.5. The van der Waals surface area contributed by atoms with Crippen LogP contribution in [-0.2, 0) is 17.5 Å². The molecule has 1 heterocycles. The Kier molecular flexibility index (Phi) is 5.51. The highest BCUT2D eigenvalue weighted by Gasteiger charge is 2.38. The predicted octanol–water partition coefficient (Wildman–Crippen LogP) is 5.13. The minimum Gasteiger partial charge on any atom is -0.489 e. The second kappa shape index (κ2) is 7.71. The van der Waals surface area contributed by atoms with Crippen LogP contribution < -0.4 is 10.1 Å². The Balaban J connectivity index is 1.83. The lowest BCUT2D eigenvalue weighted by atomic mass is 10.3. The predicted molar refractivity (Wildman–Crippen MR) is 101 cm³/mol. The molecule has 0 aliphatic heterocycles. The van der Waals surface area contributed by atoms with Crippen molar-refractivity contribution in [3.8, 4) is 5.75 Å². The molecule has 0 atom stereocenters. The SMILES string of the molecule is CC(C)Oc1ccc(NC(=O)Cn2c(C(F)(F)F)nc3ccccc32)cc1Cl. The molecule has 5 nitrogen and oxygen atoms in total. The Bertz CT molecular complexity index is 1020. The summed E-state index contributed by atoms with van der Waals surface area (Å²) in [5.41, 5.74) is 0.744. The van der Waals surface area contributed by atoms with E-state index in [4.69, 9.17) is 16.3 Å². The van der Waals surface area contributed by atoms with Crippen LogP contribution in [0.5, 0.6) is 5.75 Å². The molecule has 0 spiro atoms. The van der Waals surface area contributed by atoms with Crippen molar-refractivity contribution < 1.29 is 22.7 Å². The Morgan fingerprint density at radius 1 is 1.25 bits per heavy atom. The van der Waals surface area contributed by atoms with Crippen LogP contribution in [0.4, 0.5) is 18.9 Å². The number of nitrogens with one attached hydrogen (secondary N) is 1. The van der Waals surface area contributed by atoms with Crippen LogP contribution in [0.25, 0.3) is 11.0 Å². The fraction of sp³-hybridized carbons (Fsp3) is 0.263. The molecule has 0 fully saturated rings. The first-order chi connectivity index (χ1) is 13.1. The third-order valence-electron chi connectivity index (χ3n) is 3.79. The summed E-state index contributed by atoms with van der Waals surface area (Å²) in [7, 11) is 0. The molecule has 0 aliphatic rings. The standard InChI is InChI=1S/C19H17ClF3N3O2/c1-11(2)28-16-8-7-12(9-13(16)20)24-17(27)10-26-15-6-4-3-5-14(15)25-18(26)19(21,22)23/h3-9,11H,10H2,1-2H3,(H,24,27). The van der Waals surface area contributed by atoms with E-state index >= 15 is 0 Å². The van der Waals surface area contributed by atoms with E-state index in [1.807, 2.05) is 13.8 Å². The van der Waals surface area contributed by atoms with Crippen LogP contribution in [0, 0.1) is 0 Å². The fourth-order valence-electron chi connectivity index (χ4n) is 2.72. The van der Waals surface area contributed by atoms with E-state index in [2.05, 4.69) is 10.3 Å². The number of alkyl halides is 3. The molecule has 2 aromatic carbocycles. The van der Waals surface area contributed by atoms with Gasteiger partial charge in [-0.15, -0.1) is 0 Å². The van der Waals surface area contributed by atoms with Gasteiger partial charge in [-0.1, -0.05) is 23.7 Å². The molecule has 3 rings (SSSR count). The van der Waals surface area contributed by atoms with Gasteiger partial charge in [0.05, 0.1) is 22.2 Å². The van der Waals surface area contributed by atoms with Gasteiger partial charge >= 0.3 is 6.18 Å². The number of nitrogens with zero attached hydrogens (tertiary/aromatic N) is 2. The molecule has 0 unspecified atom stereocenters. The Morgan fingerprint density at radius 2 is 1.96 bits per heavy atom. The number of rotatable bonds is 5. The zero-order valence-corrected chi connectivity index (χ0v) is 15.8. The fourth-order valence-corrected chi connectivity index (χ4v) is 2.95. The highest BCUT2D eigenvalue weighted by molar-refractivity contribution is 6.32. The molecular formula is C19H17ClF3N3O2. The molecule has 1 aromatic heterocycles. The number of carbonyl (C=O) groups is 1. The Labute approximate surface area is 164 Å². The van der Waals surface area contributed by atoms with Gasteiger partial charge in [-0.25, -0.2) is 4.98 Å². The number of fused-ring (bicyclic) bond motifs is 1. The van der Waals surface area contributed by atoms with Gasteiger partial charge in [0.15, 0.2) is 0 Å². The summed E-state index contributed by atoms with van der Waals surface area (Å²) in [5, 5.41) is 2.84. The highest BCUT2D eigenvalue weighted by atomic mass is 35.5.